The van der Waals surface area contributed by atoms with Crippen LogP contribution in [0.5, 0.6) is 0 Å². The fourth-order valence-corrected chi connectivity index (χ4v) is 3.23. The van der Waals surface area contributed by atoms with Crippen LogP contribution < -0.4 is 5.32 Å². The molecule has 0 aliphatic carbocycles. The van der Waals surface area contributed by atoms with Crippen molar-refractivity contribution in [1.82, 2.24) is 10.2 Å². The largest absolute Gasteiger partial charge is 0.384 e. The van der Waals surface area contributed by atoms with Crippen molar-refractivity contribution in [3.8, 4) is 0 Å². The first-order chi connectivity index (χ1) is 8.37. The normalized spacial score (nSPS) is 20.2. The average Bonchev–Trinajstić information content (AvgIpc) is 2.27. The van der Waals surface area contributed by atoms with Crippen LogP contribution in [0.2, 0.25) is 0 Å². The predicted molar refractivity (Wildman–Crippen MR) is 73.6 cm³/mol. The summed E-state index contributed by atoms with van der Waals surface area (Å²) < 4.78 is 27.7. The van der Waals surface area contributed by atoms with E-state index in [9.17, 15) is 8.42 Å². The highest BCUT2D eigenvalue weighted by molar-refractivity contribution is 7.90. The molecule has 18 heavy (non-hydrogen) atoms. The minimum Gasteiger partial charge on any atom is -0.384 e. The Labute approximate surface area is 111 Å². The van der Waals surface area contributed by atoms with Crippen LogP contribution in [0.15, 0.2) is 0 Å². The third kappa shape index (κ3) is 5.65. The molecule has 1 saturated heterocycles. The third-order valence-electron chi connectivity index (χ3n) is 3.56. The zero-order valence-electron chi connectivity index (χ0n) is 11.7. The zero-order valence-corrected chi connectivity index (χ0v) is 12.6. The van der Waals surface area contributed by atoms with Gasteiger partial charge in [0.1, 0.15) is 9.84 Å². The number of methoxy groups -OCH3 is 1. The monoisotopic (exact) mass is 278 g/mol. The van der Waals surface area contributed by atoms with Gasteiger partial charge in [-0.05, 0) is 33.0 Å². The lowest BCUT2D eigenvalue weighted by atomic mass is 9.79. The lowest BCUT2D eigenvalue weighted by Crippen LogP contribution is -2.47. The Morgan fingerprint density at radius 2 is 1.94 bits per heavy atom. The first kappa shape index (κ1) is 15.9. The minimum atomic E-state index is -2.88. The van der Waals surface area contributed by atoms with Crippen LogP contribution >= 0.6 is 0 Å². The molecule has 0 aromatic heterocycles. The van der Waals surface area contributed by atoms with Crippen molar-refractivity contribution >= 4 is 9.84 Å². The van der Waals surface area contributed by atoms with Crippen molar-refractivity contribution in [2.45, 2.75) is 12.8 Å². The van der Waals surface area contributed by atoms with Gasteiger partial charge in [0.2, 0.25) is 0 Å². The summed E-state index contributed by atoms with van der Waals surface area (Å²) in [7, 11) is 0.850. The highest BCUT2D eigenvalue weighted by Crippen LogP contribution is 2.29. The van der Waals surface area contributed by atoms with E-state index in [1.807, 2.05) is 7.05 Å². The van der Waals surface area contributed by atoms with Gasteiger partial charge < -0.3 is 15.0 Å². The Bertz CT molecular complexity index is 332. The summed E-state index contributed by atoms with van der Waals surface area (Å²) in [5.41, 5.74) is 0.173. The molecule has 0 radical (unpaired) electrons. The van der Waals surface area contributed by atoms with Gasteiger partial charge in [0.05, 0.1) is 12.4 Å². The topological polar surface area (TPSA) is 58.6 Å². The summed E-state index contributed by atoms with van der Waals surface area (Å²) >= 11 is 0. The molecule has 0 aromatic carbocycles. The molecule has 0 amide bonds. The van der Waals surface area contributed by atoms with Crippen LogP contribution in [0, 0.1) is 5.41 Å². The summed E-state index contributed by atoms with van der Waals surface area (Å²) in [4.78, 5) is 2.12. The molecular weight excluding hydrogens is 252 g/mol. The van der Waals surface area contributed by atoms with Crippen LogP contribution in [-0.4, -0.2) is 72.3 Å². The number of hydrogen-bond acceptors (Lipinski definition) is 5. The van der Waals surface area contributed by atoms with E-state index in [1.165, 1.54) is 6.26 Å². The summed E-state index contributed by atoms with van der Waals surface area (Å²) in [6, 6.07) is 0. The van der Waals surface area contributed by atoms with E-state index in [2.05, 4.69) is 10.2 Å². The van der Waals surface area contributed by atoms with E-state index in [1.54, 1.807) is 7.11 Å². The SMILES string of the molecule is COCC1(CN(C)CCS(C)(=O)=O)CCNCC1. The molecule has 1 aliphatic heterocycles. The van der Waals surface area contributed by atoms with Gasteiger partial charge in [-0.2, -0.15) is 0 Å². The summed E-state index contributed by atoms with van der Waals surface area (Å²) in [6.07, 6.45) is 3.46. The lowest BCUT2D eigenvalue weighted by Gasteiger charge is -2.39. The molecule has 0 bridgehead atoms. The summed E-state index contributed by atoms with van der Waals surface area (Å²) in [5, 5.41) is 3.36. The Kier molecular flexibility index (Phi) is 6.04. The number of piperidine rings is 1. The van der Waals surface area contributed by atoms with Crippen molar-refractivity contribution in [3.05, 3.63) is 0 Å². The molecule has 0 aromatic rings. The second kappa shape index (κ2) is 6.84. The van der Waals surface area contributed by atoms with E-state index in [4.69, 9.17) is 4.74 Å². The van der Waals surface area contributed by atoms with Gasteiger partial charge >= 0.3 is 0 Å². The number of hydrogen-bond donors (Lipinski definition) is 1. The van der Waals surface area contributed by atoms with Crippen LogP contribution in [0.3, 0.4) is 0 Å². The smallest absolute Gasteiger partial charge is 0.148 e. The van der Waals surface area contributed by atoms with Crippen LogP contribution in [0.25, 0.3) is 0 Å². The van der Waals surface area contributed by atoms with Gasteiger partial charge in [0, 0.05) is 31.9 Å². The van der Waals surface area contributed by atoms with E-state index in [-0.39, 0.29) is 11.2 Å². The first-order valence-electron chi connectivity index (χ1n) is 6.43. The molecule has 0 saturated carbocycles. The molecule has 1 rings (SSSR count). The molecule has 6 heteroatoms. The Balaban J connectivity index is 2.49. The molecule has 0 atom stereocenters. The number of rotatable bonds is 7. The van der Waals surface area contributed by atoms with Crippen molar-refractivity contribution in [3.63, 3.8) is 0 Å². The molecule has 108 valence electrons. The van der Waals surface area contributed by atoms with Gasteiger partial charge in [0.15, 0.2) is 0 Å². The number of sulfone groups is 1. The van der Waals surface area contributed by atoms with Crippen LogP contribution in [0.4, 0.5) is 0 Å². The molecule has 0 spiro atoms. The van der Waals surface area contributed by atoms with E-state index in [0.29, 0.717) is 6.54 Å². The van der Waals surface area contributed by atoms with E-state index >= 15 is 0 Å². The summed E-state index contributed by atoms with van der Waals surface area (Å²) in [5.74, 6) is 0.227. The second-order valence-corrected chi connectivity index (χ2v) is 7.81. The lowest BCUT2D eigenvalue weighted by molar-refractivity contribution is 0.0298. The van der Waals surface area contributed by atoms with E-state index in [0.717, 1.165) is 39.1 Å². The van der Waals surface area contributed by atoms with Crippen molar-refractivity contribution in [2.24, 2.45) is 5.41 Å². The van der Waals surface area contributed by atoms with Crippen molar-refractivity contribution < 1.29 is 13.2 Å². The van der Waals surface area contributed by atoms with Gasteiger partial charge in [-0.1, -0.05) is 0 Å². The van der Waals surface area contributed by atoms with Crippen molar-refractivity contribution in [2.75, 3.05) is 59.0 Å². The van der Waals surface area contributed by atoms with Gasteiger partial charge in [-0.25, -0.2) is 8.42 Å². The van der Waals surface area contributed by atoms with Crippen molar-refractivity contribution in [1.29, 1.82) is 0 Å². The molecule has 5 nitrogen and oxygen atoms in total. The molecule has 0 unspecified atom stereocenters. The maximum atomic E-state index is 11.2. The molecule has 1 heterocycles. The first-order valence-corrected chi connectivity index (χ1v) is 8.49. The second-order valence-electron chi connectivity index (χ2n) is 5.55. The van der Waals surface area contributed by atoms with Gasteiger partial charge in [-0.15, -0.1) is 0 Å². The third-order valence-corrected chi connectivity index (χ3v) is 4.49. The minimum absolute atomic E-state index is 0.173. The quantitative estimate of drug-likeness (QED) is 0.709. The highest BCUT2D eigenvalue weighted by Gasteiger charge is 2.33. The maximum absolute atomic E-state index is 11.2. The zero-order chi connectivity index (χ0) is 13.6. The maximum Gasteiger partial charge on any atom is 0.148 e. The average molecular weight is 278 g/mol. The summed E-state index contributed by atoms with van der Waals surface area (Å²) in [6.45, 7) is 4.28. The van der Waals surface area contributed by atoms with E-state index < -0.39 is 9.84 Å². The molecule has 1 N–H and O–H groups in total. The predicted octanol–water partition coefficient (Wildman–Crippen LogP) is -0.0210. The Morgan fingerprint density at radius 3 is 2.44 bits per heavy atom. The Hall–Kier alpha value is -0.170. The highest BCUT2D eigenvalue weighted by atomic mass is 32.2. The fourth-order valence-electron chi connectivity index (χ4n) is 2.58. The van der Waals surface area contributed by atoms with Gasteiger partial charge in [-0.3, -0.25) is 0 Å². The standard InChI is InChI=1S/C12H26N2O3S/c1-14(8-9-18(3,15)16)10-12(11-17-2)4-6-13-7-5-12/h13H,4-11H2,1-3H3. The van der Waals surface area contributed by atoms with Gasteiger partial charge in [0.25, 0.3) is 0 Å². The number of ether oxygens (including phenoxy) is 1. The molecular formula is C12H26N2O3S. The number of nitrogens with zero attached hydrogens (tertiary/aromatic N) is 1. The molecule has 1 fully saturated rings. The van der Waals surface area contributed by atoms with Crippen LogP contribution in [-0.2, 0) is 14.6 Å². The van der Waals surface area contributed by atoms with Crippen LogP contribution in [0.1, 0.15) is 12.8 Å². The fraction of sp³-hybridized carbons (Fsp3) is 1.00. The molecule has 1 aliphatic rings. The Morgan fingerprint density at radius 1 is 1.33 bits per heavy atom. The number of nitrogens with one attached hydrogen (secondary N) is 1.